The summed E-state index contributed by atoms with van der Waals surface area (Å²) in [6.07, 6.45) is 2.52. The zero-order valence-corrected chi connectivity index (χ0v) is 16.0. The molecule has 4 rings (SSSR count). The van der Waals surface area contributed by atoms with Gasteiger partial charge in [0.1, 0.15) is 5.56 Å². The third kappa shape index (κ3) is 4.75. The molecule has 3 aliphatic heterocycles. The Bertz CT molecular complexity index is 708. The molecule has 0 aliphatic carbocycles. The van der Waals surface area contributed by atoms with Crippen LogP contribution < -0.4 is 10.2 Å². The third-order valence-corrected chi connectivity index (χ3v) is 5.43. The monoisotopic (exact) mass is 376 g/mol. The minimum Gasteiger partial charge on any atom is -0.390 e. The fraction of sp³-hybridized carbons (Fsp3) is 0.632. The lowest BCUT2D eigenvalue weighted by molar-refractivity contribution is -0.385. The van der Waals surface area contributed by atoms with E-state index in [0.717, 1.165) is 44.7 Å². The molecule has 27 heavy (non-hydrogen) atoms. The first-order valence-electron chi connectivity index (χ1n) is 9.52. The summed E-state index contributed by atoms with van der Waals surface area (Å²) < 4.78 is 0. The largest absolute Gasteiger partial charge is 0.390 e. The molecular weight excluding hydrogens is 348 g/mol. The van der Waals surface area contributed by atoms with E-state index >= 15 is 0 Å². The van der Waals surface area contributed by atoms with Gasteiger partial charge in [-0.15, -0.1) is 0 Å². The number of amides is 1. The Morgan fingerprint density at radius 1 is 1.30 bits per heavy atom. The number of piperidine rings is 1. The average Bonchev–Trinajstić information content (AvgIpc) is 2.93. The highest BCUT2D eigenvalue weighted by molar-refractivity contribution is 5.99. The molecule has 3 heterocycles. The Hall–Kier alpha value is -2.19. The Labute approximate surface area is 159 Å². The van der Waals surface area contributed by atoms with Gasteiger partial charge in [0.15, 0.2) is 0 Å². The summed E-state index contributed by atoms with van der Waals surface area (Å²) in [4.78, 5) is 28.2. The van der Waals surface area contributed by atoms with Crippen molar-refractivity contribution in [2.45, 2.75) is 44.8 Å². The van der Waals surface area contributed by atoms with Gasteiger partial charge >= 0.3 is 0 Å². The molecule has 0 aromatic heterocycles. The van der Waals surface area contributed by atoms with Crippen molar-refractivity contribution in [3.05, 3.63) is 33.9 Å². The number of carbonyl (C=O) groups excluding carboxylic acids is 1. The molecule has 0 saturated carbocycles. The number of benzene rings is 1. The summed E-state index contributed by atoms with van der Waals surface area (Å²) in [5.74, 6) is -0.476. The molecule has 3 fully saturated rings. The topological polar surface area (TPSA) is 99.0 Å². The van der Waals surface area contributed by atoms with Crippen LogP contribution in [0.15, 0.2) is 18.2 Å². The Morgan fingerprint density at radius 2 is 2.00 bits per heavy atom. The molecular formula is C19H28N4O4. The second kappa shape index (κ2) is 7.82. The number of nitro groups is 1. The first-order valence-corrected chi connectivity index (χ1v) is 9.52. The van der Waals surface area contributed by atoms with E-state index in [1.807, 2.05) is 0 Å². The van der Waals surface area contributed by atoms with Crippen LogP contribution in [-0.2, 0) is 0 Å². The number of hydrogen-bond donors (Lipinski definition) is 2. The molecule has 0 atom stereocenters. The van der Waals surface area contributed by atoms with Crippen LogP contribution in [0.4, 0.5) is 11.4 Å². The molecule has 8 nitrogen and oxygen atoms in total. The first-order chi connectivity index (χ1) is 12.7. The van der Waals surface area contributed by atoms with Gasteiger partial charge in [-0.3, -0.25) is 14.9 Å². The maximum atomic E-state index is 12.6. The van der Waals surface area contributed by atoms with Gasteiger partial charge in [-0.1, -0.05) is 0 Å². The van der Waals surface area contributed by atoms with Crippen LogP contribution >= 0.6 is 0 Å². The van der Waals surface area contributed by atoms with Crippen molar-refractivity contribution in [2.75, 3.05) is 37.6 Å². The number of fused-ring (bicyclic) bond motifs is 4. The number of carbonyl (C=O) groups is 1. The molecule has 3 saturated heterocycles. The molecule has 1 amide bonds. The number of aliphatic hydroxyl groups is 1. The SMILES string of the molecule is CC(C)(O)CCNC(=O)c1cc(N2CCN3CCC2CC3)ccc1[N+](=O)[O-]. The first kappa shape index (κ1) is 19.6. The molecule has 2 N–H and O–H groups in total. The predicted octanol–water partition coefficient (Wildman–Crippen LogP) is 1.77. The standard InChI is InChI=1S/C19H28N4O4/c1-19(2,25)7-8-20-18(24)16-13-15(3-4-17(16)23(26)27)22-12-11-21-9-5-14(22)6-10-21/h3-4,13-14,25H,5-12H2,1-2H3,(H,20,24). The highest BCUT2D eigenvalue weighted by atomic mass is 16.6. The summed E-state index contributed by atoms with van der Waals surface area (Å²) in [7, 11) is 0. The fourth-order valence-corrected chi connectivity index (χ4v) is 3.85. The lowest BCUT2D eigenvalue weighted by Crippen LogP contribution is -2.38. The van der Waals surface area contributed by atoms with Gasteiger partial charge in [0.25, 0.3) is 11.6 Å². The van der Waals surface area contributed by atoms with Gasteiger partial charge in [-0.2, -0.15) is 0 Å². The van der Waals surface area contributed by atoms with Crippen LogP contribution in [0.5, 0.6) is 0 Å². The van der Waals surface area contributed by atoms with Crippen LogP contribution in [-0.4, -0.2) is 65.2 Å². The average molecular weight is 376 g/mol. The van der Waals surface area contributed by atoms with Crippen LogP contribution in [0.25, 0.3) is 0 Å². The van der Waals surface area contributed by atoms with Crippen LogP contribution in [0.2, 0.25) is 0 Å². The zero-order valence-electron chi connectivity index (χ0n) is 16.0. The van der Waals surface area contributed by atoms with E-state index in [-0.39, 0.29) is 17.8 Å². The number of nitrogens with zero attached hydrogens (tertiary/aromatic N) is 3. The normalized spacial score (nSPS) is 22.4. The van der Waals surface area contributed by atoms with Crippen molar-refractivity contribution in [1.82, 2.24) is 10.2 Å². The summed E-state index contributed by atoms with van der Waals surface area (Å²) in [5.41, 5.74) is -0.154. The van der Waals surface area contributed by atoms with Crippen LogP contribution in [0.1, 0.15) is 43.5 Å². The fourth-order valence-electron chi connectivity index (χ4n) is 3.85. The van der Waals surface area contributed by atoms with E-state index in [2.05, 4.69) is 15.1 Å². The molecule has 3 aliphatic rings. The lowest BCUT2D eigenvalue weighted by atomic mass is 10.0. The van der Waals surface area contributed by atoms with Gasteiger partial charge in [0.05, 0.1) is 10.5 Å². The highest BCUT2D eigenvalue weighted by Crippen LogP contribution is 2.30. The maximum absolute atomic E-state index is 12.6. The molecule has 0 unspecified atom stereocenters. The van der Waals surface area contributed by atoms with Crippen LogP contribution in [0, 0.1) is 10.1 Å². The number of hydrogen-bond acceptors (Lipinski definition) is 6. The van der Waals surface area contributed by atoms with Gasteiger partial charge < -0.3 is 20.2 Å². The Kier molecular flexibility index (Phi) is 5.67. The summed E-state index contributed by atoms with van der Waals surface area (Å²) in [5, 5.41) is 23.9. The summed E-state index contributed by atoms with van der Waals surface area (Å²) in [6, 6.07) is 5.24. The molecule has 1 aromatic rings. The summed E-state index contributed by atoms with van der Waals surface area (Å²) >= 11 is 0. The molecule has 0 radical (unpaired) electrons. The van der Waals surface area contributed by atoms with Crippen molar-refractivity contribution in [2.24, 2.45) is 0 Å². The maximum Gasteiger partial charge on any atom is 0.282 e. The van der Waals surface area contributed by atoms with E-state index in [9.17, 15) is 20.0 Å². The number of rotatable bonds is 6. The molecule has 0 spiro atoms. The van der Waals surface area contributed by atoms with E-state index < -0.39 is 16.4 Å². The lowest BCUT2D eigenvalue weighted by Gasteiger charge is -2.33. The smallest absolute Gasteiger partial charge is 0.282 e. The van der Waals surface area contributed by atoms with Gasteiger partial charge in [-0.25, -0.2) is 0 Å². The van der Waals surface area contributed by atoms with Crippen molar-refractivity contribution in [1.29, 1.82) is 0 Å². The third-order valence-electron chi connectivity index (χ3n) is 5.43. The van der Waals surface area contributed by atoms with E-state index in [1.165, 1.54) is 6.07 Å². The molecule has 148 valence electrons. The van der Waals surface area contributed by atoms with Gasteiger partial charge in [0, 0.05) is 50.5 Å². The van der Waals surface area contributed by atoms with Crippen molar-refractivity contribution in [3.8, 4) is 0 Å². The van der Waals surface area contributed by atoms with E-state index in [0.29, 0.717) is 12.5 Å². The highest BCUT2D eigenvalue weighted by Gasteiger charge is 2.30. The number of nitrogens with one attached hydrogen (secondary N) is 1. The quantitative estimate of drug-likeness (QED) is 0.580. The summed E-state index contributed by atoms with van der Waals surface area (Å²) in [6.45, 7) is 7.57. The van der Waals surface area contributed by atoms with Crippen LogP contribution in [0.3, 0.4) is 0 Å². The minimum absolute atomic E-state index is 0.0762. The van der Waals surface area contributed by atoms with Crippen molar-refractivity contribution in [3.63, 3.8) is 0 Å². The molecule has 1 aromatic carbocycles. The van der Waals surface area contributed by atoms with Crippen molar-refractivity contribution >= 4 is 17.3 Å². The van der Waals surface area contributed by atoms with Crippen molar-refractivity contribution < 1.29 is 14.8 Å². The second-order valence-electron chi connectivity index (χ2n) is 8.04. The number of nitro benzene ring substituents is 1. The predicted molar refractivity (Wildman–Crippen MR) is 103 cm³/mol. The van der Waals surface area contributed by atoms with Gasteiger partial charge in [-0.05, 0) is 45.2 Å². The zero-order chi connectivity index (χ0) is 19.6. The van der Waals surface area contributed by atoms with E-state index in [4.69, 9.17) is 0 Å². The second-order valence-corrected chi connectivity index (χ2v) is 8.04. The Morgan fingerprint density at radius 3 is 2.63 bits per heavy atom. The minimum atomic E-state index is -0.901. The van der Waals surface area contributed by atoms with Gasteiger partial charge in [0.2, 0.25) is 0 Å². The Balaban J connectivity index is 1.82. The molecule has 2 bridgehead atoms. The molecule has 8 heteroatoms. The van der Waals surface area contributed by atoms with E-state index in [1.54, 1.807) is 26.0 Å². The number of anilines is 1.